The first-order valence-corrected chi connectivity index (χ1v) is 9.55. The molecule has 0 unspecified atom stereocenters. The van der Waals surface area contributed by atoms with Gasteiger partial charge in [0.1, 0.15) is 23.9 Å². The molecule has 0 bridgehead atoms. The van der Waals surface area contributed by atoms with Crippen LogP contribution in [0.4, 0.5) is 0 Å². The number of ether oxygens (including phenoxy) is 1. The molecule has 0 aromatic heterocycles. The maximum atomic E-state index is 13.2. The van der Waals surface area contributed by atoms with Crippen LogP contribution in [0.25, 0.3) is 0 Å². The molecule has 0 saturated carbocycles. The standard InChI is InChI=1S/C22H23NO6/c24-12-17-16(7-4-8-19(17)26)22(28)23-11-3-1-2-6-15(23)14-29-21-10-5-9-20(27)18(21)13-25/h4-5,7-10,12-13,15,26-27H,1-3,6,11,14H2/t15-/m0/s1. The summed E-state index contributed by atoms with van der Waals surface area (Å²) in [4.78, 5) is 37.5. The Kier molecular flexibility index (Phi) is 6.49. The summed E-state index contributed by atoms with van der Waals surface area (Å²) in [6.07, 6.45) is 4.42. The summed E-state index contributed by atoms with van der Waals surface area (Å²) < 4.78 is 5.80. The summed E-state index contributed by atoms with van der Waals surface area (Å²) >= 11 is 0. The van der Waals surface area contributed by atoms with Gasteiger partial charge in [0.25, 0.3) is 5.91 Å². The summed E-state index contributed by atoms with van der Waals surface area (Å²) in [5.74, 6) is -0.488. The van der Waals surface area contributed by atoms with Gasteiger partial charge in [0.05, 0.1) is 22.7 Å². The van der Waals surface area contributed by atoms with E-state index < -0.39 is 0 Å². The number of carbonyl (C=O) groups is 3. The second-order valence-corrected chi connectivity index (χ2v) is 6.98. The molecule has 7 nitrogen and oxygen atoms in total. The predicted octanol–water partition coefficient (Wildman–Crippen LogP) is 3.19. The molecule has 2 aromatic carbocycles. The Morgan fingerprint density at radius 1 is 1.00 bits per heavy atom. The SMILES string of the molecule is O=Cc1c(O)cccc1OC[C@@H]1CCCCCN1C(=O)c1cccc(O)c1C=O. The van der Waals surface area contributed by atoms with E-state index in [0.29, 0.717) is 25.5 Å². The number of carbonyl (C=O) groups excluding carboxylic acids is 3. The van der Waals surface area contributed by atoms with Gasteiger partial charge in [-0.2, -0.15) is 0 Å². The molecule has 1 atom stereocenters. The van der Waals surface area contributed by atoms with Gasteiger partial charge in [0.15, 0.2) is 12.6 Å². The fourth-order valence-electron chi connectivity index (χ4n) is 3.60. The van der Waals surface area contributed by atoms with Crippen molar-refractivity contribution in [2.45, 2.75) is 31.7 Å². The largest absolute Gasteiger partial charge is 0.507 e. The number of phenolic OH excluding ortho intramolecular Hbond substituents is 2. The molecule has 7 heteroatoms. The number of nitrogens with zero attached hydrogens (tertiary/aromatic N) is 1. The second-order valence-electron chi connectivity index (χ2n) is 6.98. The fraction of sp³-hybridized carbons (Fsp3) is 0.318. The molecule has 0 aliphatic carbocycles. The normalized spacial score (nSPS) is 16.7. The smallest absolute Gasteiger partial charge is 0.255 e. The molecule has 2 N–H and O–H groups in total. The van der Waals surface area contributed by atoms with Crippen molar-refractivity contribution in [3.8, 4) is 17.2 Å². The average Bonchev–Trinajstić information content (AvgIpc) is 2.97. The van der Waals surface area contributed by atoms with Crippen molar-refractivity contribution in [2.75, 3.05) is 13.2 Å². The van der Waals surface area contributed by atoms with Crippen molar-refractivity contribution in [2.24, 2.45) is 0 Å². The molecule has 0 radical (unpaired) electrons. The first-order chi connectivity index (χ1) is 14.1. The lowest BCUT2D eigenvalue weighted by molar-refractivity contribution is 0.0615. The summed E-state index contributed by atoms with van der Waals surface area (Å²) in [5, 5.41) is 19.7. The molecule has 1 fully saturated rings. The molecule has 1 aliphatic rings. The predicted molar refractivity (Wildman–Crippen MR) is 106 cm³/mol. The van der Waals surface area contributed by atoms with E-state index in [4.69, 9.17) is 4.74 Å². The van der Waals surface area contributed by atoms with Gasteiger partial charge in [-0.3, -0.25) is 14.4 Å². The van der Waals surface area contributed by atoms with Gasteiger partial charge in [0, 0.05) is 6.54 Å². The highest BCUT2D eigenvalue weighted by Crippen LogP contribution is 2.28. The summed E-state index contributed by atoms with van der Waals surface area (Å²) in [5.41, 5.74) is 0.186. The van der Waals surface area contributed by atoms with Crippen LogP contribution < -0.4 is 4.74 Å². The van der Waals surface area contributed by atoms with Crippen LogP contribution in [0.3, 0.4) is 0 Å². The highest BCUT2D eigenvalue weighted by atomic mass is 16.5. The molecule has 1 heterocycles. The van der Waals surface area contributed by atoms with Gasteiger partial charge in [-0.15, -0.1) is 0 Å². The molecule has 1 aliphatic heterocycles. The minimum Gasteiger partial charge on any atom is -0.507 e. The zero-order chi connectivity index (χ0) is 20.8. The van der Waals surface area contributed by atoms with Gasteiger partial charge < -0.3 is 19.8 Å². The molecule has 29 heavy (non-hydrogen) atoms. The maximum Gasteiger partial charge on any atom is 0.255 e. The van der Waals surface area contributed by atoms with Crippen LogP contribution in [0.1, 0.15) is 56.8 Å². The van der Waals surface area contributed by atoms with Crippen LogP contribution in [0.2, 0.25) is 0 Å². The van der Waals surface area contributed by atoms with E-state index in [-0.39, 0.29) is 52.5 Å². The van der Waals surface area contributed by atoms with Crippen molar-refractivity contribution in [3.05, 3.63) is 53.1 Å². The molecule has 1 saturated heterocycles. The maximum absolute atomic E-state index is 13.2. The third kappa shape index (κ3) is 4.39. The van der Waals surface area contributed by atoms with E-state index in [1.54, 1.807) is 17.0 Å². The van der Waals surface area contributed by atoms with Crippen molar-refractivity contribution in [3.63, 3.8) is 0 Å². The number of hydrogen-bond donors (Lipinski definition) is 2. The van der Waals surface area contributed by atoms with Crippen LogP contribution in [-0.2, 0) is 0 Å². The Balaban J connectivity index is 1.84. The molecule has 0 spiro atoms. The van der Waals surface area contributed by atoms with Crippen molar-refractivity contribution in [1.82, 2.24) is 4.90 Å². The number of likely N-dealkylation sites (tertiary alicyclic amines) is 1. The number of benzene rings is 2. The van der Waals surface area contributed by atoms with Gasteiger partial charge >= 0.3 is 0 Å². The van der Waals surface area contributed by atoms with Crippen molar-refractivity contribution < 1.29 is 29.3 Å². The molecular formula is C22H23NO6. The number of hydrogen-bond acceptors (Lipinski definition) is 6. The first kappa shape index (κ1) is 20.4. The molecular weight excluding hydrogens is 374 g/mol. The zero-order valence-electron chi connectivity index (χ0n) is 15.9. The van der Waals surface area contributed by atoms with Gasteiger partial charge in [-0.25, -0.2) is 0 Å². The summed E-state index contributed by atoms with van der Waals surface area (Å²) in [7, 11) is 0. The van der Waals surface area contributed by atoms with E-state index in [1.165, 1.54) is 24.3 Å². The zero-order valence-corrected chi connectivity index (χ0v) is 15.9. The van der Waals surface area contributed by atoms with Crippen LogP contribution in [-0.4, -0.2) is 52.8 Å². The van der Waals surface area contributed by atoms with Gasteiger partial charge in [-0.05, 0) is 37.1 Å². The van der Waals surface area contributed by atoms with E-state index in [9.17, 15) is 24.6 Å². The highest BCUT2D eigenvalue weighted by molar-refractivity contribution is 6.03. The minimum atomic E-state index is -0.343. The fourth-order valence-corrected chi connectivity index (χ4v) is 3.60. The number of aromatic hydroxyl groups is 2. The lowest BCUT2D eigenvalue weighted by atomic mass is 10.0. The third-order valence-electron chi connectivity index (χ3n) is 5.16. The number of phenols is 2. The molecule has 152 valence electrons. The average molecular weight is 397 g/mol. The van der Waals surface area contributed by atoms with Gasteiger partial charge in [-0.1, -0.05) is 25.0 Å². The Bertz CT molecular complexity index is 910. The Hall–Kier alpha value is -3.35. The third-order valence-corrected chi connectivity index (χ3v) is 5.16. The first-order valence-electron chi connectivity index (χ1n) is 9.55. The Morgan fingerprint density at radius 2 is 1.69 bits per heavy atom. The van der Waals surface area contributed by atoms with Crippen LogP contribution in [0.15, 0.2) is 36.4 Å². The topological polar surface area (TPSA) is 104 Å². The van der Waals surface area contributed by atoms with E-state index in [1.807, 2.05) is 0 Å². The van der Waals surface area contributed by atoms with Crippen molar-refractivity contribution >= 4 is 18.5 Å². The lowest BCUT2D eigenvalue weighted by Crippen LogP contribution is -2.43. The van der Waals surface area contributed by atoms with E-state index >= 15 is 0 Å². The monoisotopic (exact) mass is 397 g/mol. The second kappa shape index (κ2) is 9.23. The highest BCUT2D eigenvalue weighted by Gasteiger charge is 2.29. The number of rotatable bonds is 6. The van der Waals surface area contributed by atoms with Crippen LogP contribution >= 0.6 is 0 Å². The summed E-state index contributed by atoms with van der Waals surface area (Å²) in [6, 6.07) is 8.72. The minimum absolute atomic E-state index is 0.0300. The lowest BCUT2D eigenvalue weighted by Gasteiger charge is -2.30. The number of amides is 1. The van der Waals surface area contributed by atoms with Crippen LogP contribution in [0.5, 0.6) is 17.2 Å². The molecule has 3 rings (SSSR count). The van der Waals surface area contributed by atoms with Gasteiger partial charge in [0.2, 0.25) is 0 Å². The van der Waals surface area contributed by atoms with Crippen molar-refractivity contribution in [1.29, 1.82) is 0 Å². The van der Waals surface area contributed by atoms with E-state index in [0.717, 1.165) is 19.3 Å². The molecule has 1 amide bonds. The Labute approximate surface area is 168 Å². The number of aldehydes is 2. The quantitative estimate of drug-likeness (QED) is 0.726. The summed E-state index contributed by atoms with van der Waals surface area (Å²) in [6.45, 7) is 0.645. The van der Waals surface area contributed by atoms with E-state index in [2.05, 4.69) is 0 Å². The van der Waals surface area contributed by atoms with Crippen LogP contribution in [0, 0.1) is 0 Å². The Morgan fingerprint density at radius 3 is 2.41 bits per heavy atom. The molecule has 2 aromatic rings.